The minimum Gasteiger partial charge on any atom is -0.510 e. The molecule has 0 aliphatic heterocycles. The van der Waals surface area contributed by atoms with Crippen LogP contribution in [0, 0.1) is 11.3 Å². The summed E-state index contributed by atoms with van der Waals surface area (Å²) in [6, 6.07) is 16.6. The Morgan fingerprint density at radius 2 is 1.88 bits per heavy atom. The summed E-state index contributed by atoms with van der Waals surface area (Å²) in [5, 5.41) is 21.7. The van der Waals surface area contributed by atoms with Gasteiger partial charge in [0.15, 0.2) is 5.16 Å². The lowest BCUT2D eigenvalue weighted by Crippen LogP contribution is -2.29. The van der Waals surface area contributed by atoms with E-state index in [-0.39, 0.29) is 22.9 Å². The highest BCUT2D eigenvalue weighted by Crippen LogP contribution is 2.33. The minimum absolute atomic E-state index is 0.102. The van der Waals surface area contributed by atoms with Crippen molar-refractivity contribution >= 4 is 49.8 Å². The van der Waals surface area contributed by atoms with Gasteiger partial charge in [0.05, 0.1) is 39.0 Å². The van der Waals surface area contributed by atoms with Crippen molar-refractivity contribution in [3.05, 3.63) is 69.7 Å². The predicted molar refractivity (Wildman–Crippen MR) is 133 cm³/mol. The summed E-state index contributed by atoms with van der Waals surface area (Å²) in [6.45, 7) is 3.99. The zero-order chi connectivity index (χ0) is 23.5. The van der Waals surface area contributed by atoms with E-state index in [1.807, 2.05) is 37.3 Å². The first kappa shape index (κ1) is 23.0. The summed E-state index contributed by atoms with van der Waals surface area (Å²) < 4.78 is 7.79. The van der Waals surface area contributed by atoms with Crippen molar-refractivity contribution in [2.24, 2.45) is 0 Å². The van der Waals surface area contributed by atoms with E-state index in [0.717, 1.165) is 10.2 Å². The van der Waals surface area contributed by atoms with Crippen molar-refractivity contribution in [1.29, 1.82) is 5.26 Å². The molecule has 0 spiro atoms. The van der Waals surface area contributed by atoms with Crippen molar-refractivity contribution in [3.8, 4) is 6.07 Å². The molecule has 4 aromatic rings. The lowest BCUT2D eigenvalue weighted by atomic mass is 10.2. The van der Waals surface area contributed by atoms with E-state index >= 15 is 0 Å². The number of para-hydroxylation sites is 2. The molecular formula is C24H22N4O3S2. The van der Waals surface area contributed by atoms with Crippen LogP contribution in [0.3, 0.4) is 0 Å². The number of aliphatic hydroxyl groups excluding tert-OH is 1. The number of thiazole rings is 1. The fourth-order valence-corrected chi connectivity index (χ4v) is 5.57. The molecule has 2 atom stereocenters. The number of allylic oxidation sites excluding steroid dienone is 1. The van der Waals surface area contributed by atoms with Crippen molar-refractivity contribution in [2.45, 2.75) is 30.3 Å². The van der Waals surface area contributed by atoms with Crippen LogP contribution in [0.5, 0.6) is 0 Å². The third-order valence-electron chi connectivity index (χ3n) is 5.17. The van der Waals surface area contributed by atoms with Gasteiger partial charge in [-0.25, -0.2) is 9.97 Å². The predicted octanol–water partition coefficient (Wildman–Crippen LogP) is 5.19. The van der Waals surface area contributed by atoms with E-state index in [2.05, 4.69) is 11.1 Å². The van der Waals surface area contributed by atoms with Crippen LogP contribution < -0.4 is 5.56 Å². The molecule has 0 amide bonds. The van der Waals surface area contributed by atoms with Gasteiger partial charge in [-0.3, -0.25) is 9.36 Å². The molecule has 2 unspecified atom stereocenters. The van der Waals surface area contributed by atoms with Gasteiger partial charge in [-0.1, -0.05) is 36.0 Å². The van der Waals surface area contributed by atoms with Crippen molar-refractivity contribution in [2.75, 3.05) is 13.7 Å². The highest BCUT2D eigenvalue weighted by Gasteiger charge is 2.23. The summed E-state index contributed by atoms with van der Waals surface area (Å²) in [5.74, 6) is -0.102. The molecule has 4 rings (SSSR count). The van der Waals surface area contributed by atoms with Gasteiger partial charge in [0.2, 0.25) is 0 Å². The van der Waals surface area contributed by atoms with Crippen molar-refractivity contribution in [1.82, 2.24) is 14.5 Å². The van der Waals surface area contributed by atoms with Crippen molar-refractivity contribution < 1.29 is 9.84 Å². The van der Waals surface area contributed by atoms with Crippen LogP contribution in [0.15, 0.2) is 64.2 Å². The maximum absolute atomic E-state index is 13.2. The van der Waals surface area contributed by atoms with Crippen LogP contribution in [0.4, 0.5) is 0 Å². The number of aliphatic hydroxyl groups is 1. The molecular weight excluding hydrogens is 456 g/mol. The number of hydrogen-bond donors (Lipinski definition) is 1. The topological polar surface area (TPSA) is 101 Å². The summed E-state index contributed by atoms with van der Waals surface area (Å²) >= 11 is 2.57. The second-order valence-electron chi connectivity index (χ2n) is 7.51. The molecule has 168 valence electrons. The SMILES string of the molecule is COCC(C)n1c(SC(C)/C(O)=C(\C#N)c2nc3ccccc3s2)nc2ccccc2c1=O. The molecule has 9 heteroatoms. The molecule has 7 nitrogen and oxygen atoms in total. The number of aromatic nitrogens is 3. The Morgan fingerprint density at radius 3 is 2.58 bits per heavy atom. The number of benzene rings is 2. The average Bonchev–Trinajstić information content (AvgIpc) is 3.23. The zero-order valence-electron chi connectivity index (χ0n) is 18.3. The molecule has 2 aromatic carbocycles. The van der Waals surface area contributed by atoms with Gasteiger partial charge in [0.25, 0.3) is 5.56 Å². The van der Waals surface area contributed by atoms with Gasteiger partial charge in [-0.15, -0.1) is 11.3 Å². The van der Waals surface area contributed by atoms with Gasteiger partial charge in [-0.2, -0.15) is 5.26 Å². The second kappa shape index (κ2) is 9.75. The van der Waals surface area contributed by atoms with Gasteiger partial charge in [-0.05, 0) is 38.1 Å². The molecule has 0 saturated carbocycles. The highest BCUT2D eigenvalue weighted by molar-refractivity contribution is 7.99. The Bertz CT molecular complexity index is 1420. The van der Waals surface area contributed by atoms with Crippen LogP contribution >= 0.6 is 23.1 Å². The minimum atomic E-state index is -0.541. The van der Waals surface area contributed by atoms with Crippen LogP contribution in [0.25, 0.3) is 26.7 Å². The first-order valence-corrected chi connectivity index (χ1v) is 12.0. The van der Waals surface area contributed by atoms with E-state index < -0.39 is 5.25 Å². The standard InChI is InChI=1S/C24H22N4O3S2/c1-14(13-31-3)28-23(30)16-8-4-5-9-18(16)27-24(28)32-15(2)21(29)17(12-25)22-26-19-10-6-7-11-20(19)33-22/h4-11,14-15,29H,13H2,1-3H3/b21-17-. The largest absolute Gasteiger partial charge is 0.510 e. The molecule has 0 saturated heterocycles. The number of fused-ring (bicyclic) bond motifs is 2. The van der Waals surface area contributed by atoms with Gasteiger partial charge in [0.1, 0.15) is 22.4 Å². The summed E-state index contributed by atoms with van der Waals surface area (Å²) in [4.78, 5) is 22.4. The number of thioether (sulfide) groups is 1. The molecule has 0 bridgehead atoms. The number of nitrogens with zero attached hydrogens (tertiary/aromatic N) is 4. The molecule has 0 aliphatic carbocycles. The van der Waals surface area contributed by atoms with Crippen LogP contribution in [-0.2, 0) is 4.74 Å². The quantitative estimate of drug-likeness (QED) is 0.169. The van der Waals surface area contributed by atoms with Gasteiger partial charge in [0, 0.05) is 7.11 Å². The Labute approximate surface area is 199 Å². The third kappa shape index (κ3) is 4.50. The van der Waals surface area contributed by atoms with Gasteiger partial charge < -0.3 is 9.84 Å². The summed E-state index contributed by atoms with van der Waals surface area (Å²) in [6.07, 6.45) is 0. The molecule has 0 fully saturated rings. The van der Waals surface area contributed by atoms with E-state index in [1.165, 1.54) is 23.1 Å². The number of rotatable bonds is 7. The number of nitriles is 1. The molecule has 1 N–H and O–H groups in total. The summed E-state index contributed by atoms with van der Waals surface area (Å²) in [5.41, 5.74) is 1.30. The Morgan fingerprint density at radius 1 is 1.18 bits per heavy atom. The third-order valence-corrected chi connectivity index (χ3v) is 7.30. The molecule has 2 heterocycles. The first-order valence-electron chi connectivity index (χ1n) is 10.3. The Balaban J connectivity index is 1.77. The average molecular weight is 479 g/mol. The monoisotopic (exact) mass is 478 g/mol. The second-order valence-corrected chi connectivity index (χ2v) is 9.85. The lowest BCUT2D eigenvalue weighted by molar-refractivity contribution is 0.156. The summed E-state index contributed by atoms with van der Waals surface area (Å²) in [7, 11) is 1.58. The fourth-order valence-electron chi connectivity index (χ4n) is 3.52. The van der Waals surface area contributed by atoms with E-state index in [4.69, 9.17) is 9.72 Å². The molecule has 0 aliphatic rings. The maximum Gasteiger partial charge on any atom is 0.262 e. The van der Waals surface area contributed by atoms with Gasteiger partial charge >= 0.3 is 0 Å². The Kier molecular flexibility index (Phi) is 6.79. The smallest absolute Gasteiger partial charge is 0.262 e. The Hall–Kier alpha value is -3.19. The maximum atomic E-state index is 13.2. The van der Waals surface area contributed by atoms with Crippen LogP contribution in [0.1, 0.15) is 24.9 Å². The number of methoxy groups -OCH3 is 1. The number of hydrogen-bond acceptors (Lipinski definition) is 8. The van der Waals surface area contributed by atoms with E-state index in [0.29, 0.717) is 27.7 Å². The number of ether oxygens (including phenoxy) is 1. The lowest BCUT2D eigenvalue weighted by Gasteiger charge is -2.20. The first-order chi connectivity index (χ1) is 15.9. The van der Waals surface area contributed by atoms with Crippen LogP contribution in [0.2, 0.25) is 0 Å². The van der Waals surface area contributed by atoms with Crippen LogP contribution in [-0.4, -0.2) is 38.6 Å². The van der Waals surface area contributed by atoms with Crippen molar-refractivity contribution in [3.63, 3.8) is 0 Å². The zero-order valence-corrected chi connectivity index (χ0v) is 20.0. The molecule has 33 heavy (non-hydrogen) atoms. The fraction of sp³-hybridized carbons (Fsp3) is 0.250. The van der Waals surface area contributed by atoms with E-state index in [9.17, 15) is 15.2 Å². The highest BCUT2D eigenvalue weighted by atomic mass is 32.2. The molecule has 0 radical (unpaired) electrons. The molecule has 2 aromatic heterocycles. The van der Waals surface area contributed by atoms with E-state index in [1.54, 1.807) is 36.8 Å². The normalized spacial score (nSPS) is 14.1.